The van der Waals surface area contributed by atoms with Crippen LogP contribution in [0.15, 0.2) is 24.4 Å². The average Bonchev–Trinajstić information content (AvgIpc) is 2.38. The minimum atomic E-state index is 0.785. The summed E-state index contributed by atoms with van der Waals surface area (Å²) in [6, 6.07) is 6.11. The van der Waals surface area contributed by atoms with Crippen molar-refractivity contribution >= 4 is 0 Å². The van der Waals surface area contributed by atoms with Gasteiger partial charge in [0.05, 0.1) is 5.69 Å². The normalized spacial score (nSPS) is 11.4. The summed E-state index contributed by atoms with van der Waals surface area (Å²) < 4.78 is 0. The molecule has 102 valence electrons. The molecule has 1 N–H and O–H groups in total. The molecular weight excluding hydrogens is 222 g/mol. The summed E-state index contributed by atoms with van der Waals surface area (Å²) in [7, 11) is 0. The third-order valence-electron chi connectivity index (χ3n) is 3.06. The Bertz CT molecular complexity index is 298. The van der Waals surface area contributed by atoms with Gasteiger partial charge in [-0.25, -0.2) is 0 Å². The van der Waals surface area contributed by atoms with Gasteiger partial charge < -0.3 is 5.32 Å². The van der Waals surface area contributed by atoms with Gasteiger partial charge >= 0.3 is 0 Å². The van der Waals surface area contributed by atoms with E-state index >= 15 is 0 Å². The summed E-state index contributed by atoms with van der Waals surface area (Å²) in [6.07, 6.45) is 3.12. The minimum absolute atomic E-state index is 0.785. The van der Waals surface area contributed by atoms with Gasteiger partial charge in [0.25, 0.3) is 0 Å². The van der Waals surface area contributed by atoms with Crippen LogP contribution in [0.4, 0.5) is 0 Å². The summed E-state index contributed by atoms with van der Waals surface area (Å²) in [5, 5.41) is 3.51. The molecule has 3 nitrogen and oxygen atoms in total. The molecule has 0 unspecified atom stereocenters. The van der Waals surface area contributed by atoms with Crippen molar-refractivity contribution in [2.24, 2.45) is 5.92 Å². The van der Waals surface area contributed by atoms with Gasteiger partial charge in [0, 0.05) is 25.8 Å². The molecule has 18 heavy (non-hydrogen) atoms. The predicted molar refractivity (Wildman–Crippen MR) is 77.5 cm³/mol. The van der Waals surface area contributed by atoms with Crippen molar-refractivity contribution in [3.63, 3.8) is 0 Å². The average molecular weight is 249 g/mol. The lowest BCUT2D eigenvalue weighted by molar-refractivity contribution is 0.275. The molecular formula is C15H27N3. The van der Waals surface area contributed by atoms with E-state index in [1.54, 1.807) is 0 Å². The van der Waals surface area contributed by atoms with Gasteiger partial charge in [0.15, 0.2) is 0 Å². The maximum absolute atomic E-state index is 4.37. The zero-order valence-corrected chi connectivity index (χ0v) is 12.0. The van der Waals surface area contributed by atoms with Gasteiger partial charge in [-0.05, 0) is 37.6 Å². The van der Waals surface area contributed by atoms with Crippen molar-refractivity contribution in [2.75, 3.05) is 26.2 Å². The van der Waals surface area contributed by atoms with Gasteiger partial charge in [-0.2, -0.15) is 0 Å². The number of likely N-dealkylation sites (N-methyl/N-ethyl adjacent to an activating group) is 1. The highest BCUT2D eigenvalue weighted by atomic mass is 15.1. The van der Waals surface area contributed by atoms with Crippen molar-refractivity contribution in [2.45, 2.75) is 33.7 Å². The van der Waals surface area contributed by atoms with Gasteiger partial charge in [-0.1, -0.05) is 26.8 Å². The Morgan fingerprint density at radius 3 is 2.72 bits per heavy atom. The molecule has 1 rings (SSSR count). The first-order valence-electron chi connectivity index (χ1n) is 7.05. The van der Waals surface area contributed by atoms with E-state index in [9.17, 15) is 0 Å². The number of nitrogens with zero attached hydrogens (tertiary/aromatic N) is 2. The zero-order chi connectivity index (χ0) is 13.2. The molecule has 0 aliphatic heterocycles. The SMILES string of the molecule is CCN(CCNCCC(C)C)Cc1ccccn1. The Balaban J connectivity index is 2.18. The molecule has 0 fully saturated rings. The van der Waals surface area contributed by atoms with Crippen LogP contribution in [0.2, 0.25) is 0 Å². The molecule has 0 atom stereocenters. The van der Waals surface area contributed by atoms with E-state index in [0.717, 1.165) is 44.3 Å². The number of hydrogen-bond donors (Lipinski definition) is 1. The molecule has 0 bridgehead atoms. The second-order valence-corrected chi connectivity index (χ2v) is 5.12. The first-order chi connectivity index (χ1) is 8.72. The second-order valence-electron chi connectivity index (χ2n) is 5.12. The third kappa shape index (κ3) is 6.72. The Hall–Kier alpha value is -0.930. The molecule has 1 heterocycles. The third-order valence-corrected chi connectivity index (χ3v) is 3.06. The Labute approximate surface area is 112 Å². The van der Waals surface area contributed by atoms with Crippen molar-refractivity contribution in [3.05, 3.63) is 30.1 Å². The maximum atomic E-state index is 4.37. The lowest BCUT2D eigenvalue weighted by atomic mass is 10.1. The van der Waals surface area contributed by atoms with Crippen molar-refractivity contribution in [1.82, 2.24) is 15.2 Å². The first kappa shape index (κ1) is 15.1. The quantitative estimate of drug-likeness (QED) is 0.682. The van der Waals surface area contributed by atoms with E-state index in [-0.39, 0.29) is 0 Å². The number of aromatic nitrogens is 1. The van der Waals surface area contributed by atoms with Gasteiger partial charge in [-0.3, -0.25) is 9.88 Å². The summed E-state index contributed by atoms with van der Waals surface area (Å²) in [6.45, 7) is 12.0. The molecule has 0 aromatic carbocycles. The molecule has 0 saturated heterocycles. The molecule has 3 heteroatoms. The number of nitrogens with one attached hydrogen (secondary N) is 1. The van der Waals surface area contributed by atoms with Crippen molar-refractivity contribution in [3.8, 4) is 0 Å². The van der Waals surface area contributed by atoms with E-state index in [0.29, 0.717) is 0 Å². The van der Waals surface area contributed by atoms with Crippen LogP contribution in [0.1, 0.15) is 32.9 Å². The summed E-state index contributed by atoms with van der Waals surface area (Å²) in [5.74, 6) is 0.785. The zero-order valence-electron chi connectivity index (χ0n) is 12.0. The smallest absolute Gasteiger partial charge is 0.0543 e. The number of pyridine rings is 1. The second kappa shape index (κ2) is 9.06. The standard InChI is InChI=1S/C15H27N3/c1-4-18(12-11-16-10-8-14(2)3)13-15-7-5-6-9-17-15/h5-7,9,14,16H,4,8,10-13H2,1-3H3. The summed E-state index contributed by atoms with van der Waals surface area (Å²) in [5.41, 5.74) is 1.15. The Morgan fingerprint density at radius 1 is 1.28 bits per heavy atom. The van der Waals surface area contributed by atoms with Crippen molar-refractivity contribution < 1.29 is 0 Å². The van der Waals surface area contributed by atoms with E-state index in [1.165, 1.54) is 6.42 Å². The summed E-state index contributed by atoms with van der Waals surface area (Å²) in [4.78, 5) is 6.79. The van der Waals surface area contributed by atoms with Gasteiger partial charge in [0.2, 0.25) is 0 Å². The van der Waals surface area contributed by atoms with E-state index in [2.05, 4.69) is 48.1 Å². The van der Waals surface area contributed by atoms with Crippen molar-refractivity contribution in [1.29, 1.82) is 0 Å². The molecule has 0 aliphatic carbocycles. The largest absolute Gasteiger partial charge is 0.315 e. The molecule has 0 radical (unpaired) electrons. The fourth-order valence-corrected chi connectivity index (χ4v) is 1.82. The van der Waals surface area contributed by atoms with Crippen LogP contribution in [0.25, 0.3) is 0 Å². The maximum Gasteiger partial charge on any atom is 0.0543 e. The predicted octanol–water partition coefficient (Wildman–Crippen LogP) is 2.54. The first-order valence-corrected chi connectivity index (χ1v) is 7.05. The van der Waals surface area contributed by atoms with E-state index < -0.39 is 0 Å². The molecule has 1 aromatic heterocycles. The monoisotopic (exact) mass is 249 g/mol. The molecule has 1 aromatic rings. The Morgan fingerprint density at radius 2 is 2.11 bits per heavy atom. The molecule has 0 saturated carbocycles. The van der Waals surface area contributed by atoms with Crippen LogP contribution >= 0.6 is 0 Å². The highest BCUT2D eigenvalue weighted by Gasteiger charge is 2.03. The highest BCUT2D eigenvalue weighted by Crippen LogP contribution is 2.00. The summed E-state index contributed by atoms with van der Waals surface area (Å²) >= 11 is 0. The lowest BCUT2D eigenvalue weighted by Gasteiger charge is -2.20. The van der Waals surface area contributed by atoms with Crippen LogP contribution in [0, 0.1) is 5.92 Å². The fourth-order valence-electron chi connectivity index (χ4n) is 1.82. The van der Waals surface area contributed by atoms with E-state index in [1.807, 2.05) is 12.3 Å². The number of rotatable bonds is 9. The van der Waals surface area contributed by atoms with Crippen LogP contribution < -0.4 is 5.32 Å². The fraction of sp³-hybridized carbons (Fsp3) is 0.667. The van der Waals surface area contributed by atoms with Gasteiger partial charge in [-0.15, -0.1) is 0 Å². The highest BCUT2D eigenvalue weighted by molar-refractivity contribution is 5.03. The van der Waals surface area contributed by atoms with Crippen LogP contribution in [-0.2, 0) is 6.54 Å². The molecule has 0 amide bonds. The van der Waals surface area contributed by atoms with Crippen LogP contribution in [-0.4, -0.2) is 36.1 Å². The number of hydrogen-bond acceptors (Lipinski definition) is 3. The van der Waals surface area contributed by atoms with Crippen LogP contribution in [0.3, 0.4) is 0 Å². The topological polar surface area (TPSA) is 28.2 Å². The lowest BCUT2D eigenvalue weighted by Crippen LogP contribution is -2.32. The minimum Gasteiger partial charge on any atom is -0.315 e. The van der Waals surface area contributed by atoms with Crippen LogP contribution in [0.5, 0.6) is 0 Å². The van der Waals surface area contributed by atoms with Gasteiger partial charge in [0.1, 0.15) is 0 Å². The van der Waals surface area contributed by atoms with E-state index in [4.69, 9.17) is 0 Å². The molecule has 0 spiro atoms. The molecule has 0 aliphatic rings. The Kier molecular flexibility index (Phi) is 7.62.